The van der Waals surface area contributed by atoms with E-state index in [2.05, 4.69) is 22.5 Å². The monoisotopic (exact) mass is 283 g/mol. The third-order valence-electron chi connectivity index (χ3n) is 4.32. The van der Waals surface area contributed by atoms with Gasteiger partial charge >= 0.3 is 6.03 Å². The van der Waals surface area contributed by atoms with Crippen LogP contribution in [0, 0.1) is 5.92 Å². The van der Waals surface area contributed by atoms with Crippen LogP contribution in [0.4, 0.5) is 10.5 Å². The number of fused-ring (bicyclic) bond motifs is 1. The lowest BCUT2D eigenvalue weighted by Crippen LogP contribution is -2.43. The van der Waals surface area contributed by atoms with Gasteiger partial charge in [-0.25, -0.2) is 4.79 Å². The van der Waals surface area contributed by atoms with Crippen molar-refractivity contribution >= 4 is 22.6 Å². The minimum atomic E-state index is -0.120. The average molecular weight is 283 g/mol. The van der Waals surface area contributed by atoms with Crippen molar-refractivity contribution in [3.63, 3.8) is 0 Å². The highest BCUT2D eigenvalue weighted by atomic mass is 16.2. The Labute approximate surface area is 125 Å². The van der Waals surface area contributed by atoms with Gasteiger partial charge in [-0.1, -0.05) is 25.8 Å². The molecule has 3 rings (SSSR count). The number of nitrogens with one attached hydrogen (secondary N) is 2. The molecule has 1 aromatic heterocycles. The highest BCUT2D eigenvalue weighted by Crippen LogP contribution is 2.24. The van der Waals surface area contributed by atoms with Crippen LogP contribution in [-0.4, -0.2) is 17.1 Å². The predicted octanol–water partition coefficient (Wildman–Crippen LogP) is 3.94. The number of amides is 2. The summed E-state index contributed by atoms with van der Waals surface area (Å²) in [6.07, 6.45) is 6.51. The van der Waals surface area contributed by atoms with Crippen LogP contribution in [0.5, 0.6) is 0 Å². The molecule has 1 heterocycles. The number of pyridine rings is 1. The van der Waals surface area contributed by atoms with E-state index in [4.69, 9.17) is 0 Å². The number of hydrogen-bond donors (Lipinski definition) is 2. The maximum Gasteiger partial charge on any atom is 0.319 e. The molecule has 1 aliphatic carbocycles. The van der Waals surface area contributed by atoms with E-state index in [9.17, 15) is 4.79 Å². The lowest BCUT2D eigenvalue weighted by molar-refractivity contribution is 0.232. The van der Waals surface area contributed by atoms with E-state index in [1.807, 2.05) is 30.3 Å². The zero-order valence-corrected chi connectivity index (χ0v) is 12.3. The van der Waals surface area contributed by atoms with Crippen molar-refractivity contribution in [1.82, 2.24) is 10.3 Å². The lowest BCUT2D eigenvalue weighted by Gasteiger charge is -2.29. The molecule has 1 aromatic carbocycles. The Kier molecular flexibility index (Phi) is 4.04. The number of hydrogen-bond acceptors (Lipinski definition) is 2. The molecule has 0 radical (unpaired) electrons. The third-order valence-corrected chi connectivity index (χ3v) is 4.32. The van der Waals surface area contributed by atoms with Crippen LogP contribution >= 0.6 is 0 Å². The van der Waals surface area contributed by atoms with E-state index in [1.165, 1.54) is 19.3 Å². The maximum atomic E-state index is 12.2. The topological polar surface area (TPSA) is 54.0 Å². The molecule has 0 saturated heterocycles. The van der Waals surface area contributed by atoms with Gasteiger partial charge in [0.25, 0.3) is 0 Å². The first-order valence-corrected chi connectivity index (χ1v) is 7.65. The van der Waals surface area contributed by atoms with Crippen molar-refractivity contribution in [1.29, 1.82) is 0 Å². The fourth-order valence-electron chi connectivity index (χ4n) is 3.07. The molecule has 2 aromatic rings. The van der Waals surface area contributed by atoms with Crippen molar-refractivity contribution in [2.24, 2.45) is 5.92 Å². The average Bonchev–Trinajstić information content (AvgIpc) is 2.50. The number of urea groups is 1. The minimum absolute atomic E-state index is 0.120. The van der Waals surface area contributed by atoms with Gasteiger partial charge in [0.05, 0.1) is 11.2 Å². The Bertz CT molecular complexity index is 635. The number of benzene rings is 1. The van der Waals surface area contributed by atoms with Crippen LogP contribution < -0.4 is 10.6 Å². The second-order valence-corrected chi connectivity index (χ2v) is 5.84. The molecule has 1 saturated carbocycles. The van der Waals surface area contributed by atoms with Gasteiger partial charge in [0.2, 0.25) is 0 Å². The SMILES string of the molecule is C[C@H]1CCCC[C@H]1NC(=O)Nc1cccc2ncccc12. The zero-order valence-electron chi connectivity index (χ0n) is 12.3. The number of aromatic nitrogens is 1. The fraction of sp³-hybridized carbons (Fsp3) is 0.412. The number of carbonyl (C=O) groups is 1. The summed E-state index contributed by atoms with van der Waals surface area (Å²) in [6, 6.07) is 9.79. The Morgan fingerprint density at radius 2 is 2.05 bits per heavy atom. The van der Waals surface area contributed by atoms with Gasteiger partial charge in [-0.15, -0.1) is 0 Å². The summed E-state index contributed by atoms with van der Waals surface area (Å²) in [4.78, 5) is 16.5. The lowest BCUT2D eigenvalue weighted by atomic mass is 9.86. The van der Waals surface area contributed by atoms with Gasteiger partial charge in [0.1, 0.15) is 0 Å². The number of rotatable bonds is 2. The van der Waals surface area contributed by atoms with Gasteiger partial charge in [0, 0.05) is 17.6 Å². The maximum absolute atomic E-state index is 12.2. The second kappa shape index (κ2) is 6.12. The van der Waals surface area contributed by atoms with E-state index in [-0.39, 0.29) is 12.1 Å². The van der Waals surface area contributed by atoms with E-state index >= 15 is 0 Å². The van der Waals surface area contributed by atoms with Gasteiger partial charge in [-0.05, 0) is 43.0 Å². The molecular formula is C17H21N3O. The first-order chi connectivity index (χ1) is 10.2. The third kappa shape index (κ3) is 3.15. The van der Waals surface area contributed by atoms with Crippen LogP contribution in [0.15, 0.2) is 36.5 Å². The fourth-order valence-corrected chi connectivity index (χ4v) is 3.07. The highest BCUT2D eigenvalue weighted by Gasteiger charge is 2.22. The largest absolute Gasteiger partial charge is 0.335 e. The van der Waals surface area contributed by atoms with Gasteiger partial charge in [0.15, 0.2) is 0 Å². The minimum Gasteiger partial charge on any atom is -0.335 e. The summed E-state index contributed by atoms with van der Waals surface area (Å²) < 4.78 is 0. The molecule has 4 nitrogen and oxygen atoms in total. The molecule has 0 aliphatic heterocycles. The summed E-state index contributed by atoms with van der Waals surface area (Å²) in [5.41, 5.74) is 1.70. The molecule has 1 aliphatic rings. The molecule has 110 valence electrons. The van der Waals surface area contributed by atoms with E-state index < -0.39 is 0 Å². The van der Waals surface area contributed by atoms with E-state index in [0.29, 0.717) is 5.92 Å². The van der Waals surface area contributed by atoms with Crippen LogP contribution in [0.2, 0.25) is 0 Å². The Hall–Kier alpha value is -2.10. The predicted molar refractivity (Wildman–Crippen MR) is 85.3 cm³/mol. The van der Waals surface area contributed by atoms with Crippen molar-refractivity contribution < 1.29 is 4.79 Å². The standard InChI is InChI=1S/C17H21N3O/c1-12-6-2-3-8-14(12)19-17(21)20-16-10-4-9-15-13(16)7-5-11-18-15/h4-5,7,9-12,14H,2-3,6,8H2,1H3,(H2,19,20,21)/t12-,14+/m0/s1. The first kappa shape index (κ1) is 13.9. The van der Waals surface area contributed by atoms with Crippen molar-refractivity contribution in [3.05, 3.63) is 36.5 Å². The smallest absolute Gasteiger partial charge is 0.319 e. The molecular weight excluding hydrogens is 262 g/mol. The van der Waals surface area contributed by atoms with Crippen molar-refractivity contribution in [2.75, 3.05) is 5.32 Å². The van der Waals surface area contributed by atoms with E-state index in [1.54, 1.807) is 6.20 Å². The van der Waals surface area contributed by atoms with Crippen LogP contribution in [0.1, 0.15) is 32.6 Å². The summed E-state index contributed by atoms with van der Waals surface area (Å²) in [5.74, 6) is 0.554. The van der Waals surface area contributed by atoms with Crippen LogP contribution in [0.3, 0.4) is 0 Å². The molecule has 0 bridgehead atoms. The molecule has 2 N–H and O–H groups in total. The Morgan fingerprint density at radius 1 is 1.19 bits per heavy atom. The molecule has 0 unspecified atom stereocenters. The molecule has 1 fully saturated rings. The molecule has 2 atom stereocenters. The van der Waals surface area contributed by atoms with Gasteiger partial charge < -0.3 is 10.6 Å². The quantitative estimate of drug-likeness (QED) is 0.877. The van der Waals surface area contributed by atoms with Crippen LogP contribution in [-0.2, 0) is 0 Å². The Balaban J connectivity index is 1.71. The summed E-state index contributed by atoms with van der Waals surface area (Å²) in [7, 11) is 0. The number of carbonyl (C=O) groups excluding carboxylic acids is 1. The zero-order chi connectivity index (χ0) is 14.7. The molecule has 2 amide bonds. The number of anilines is 1. The second-order valence-electron chi connectivity index (χ2n) is 5.84. The molecule has 0 spiro atoms. The first-order valence-electron chi connectivity index (χ1n) is 7.65. The summed E-state index contributed by atoms with van der Waals surface area (Å²) in [5, 5.41) is 7.04. The summed E-state index contributed by atoms with van der Waals surface area (Å²) in [6.45, 7) is 2.21. The van der Waals surface area contributed by atoms with E-state index in [0.717, 1.165) is 23.0 Å². The van der Waals surface area contributed by atoms with Gasteiger partial charge in [-0.3, -0.25) is 4.98 Å². The summed E-state index contributed by atoms with van der Waals surface area (Å²) >= 11 is 0. The van der Waals surface area contributed by atoms with Crippen molar-refractivity contribution in [2.45, 2.75) is 38.6 Å². The number of nitrogens with zero attached hydrogens (tertiary/aromatic N) is 1. The van der Waals surface area contributed by atoms with Gasteiger partial charge in [-0.2, -0.15) is 0 Å². The molecule has 4 heteroatoms. The molecule has 21 heavy (non-hydrogen) atoms. The van der Waals surface area contributed by atoms with Crippen molar-refractivity contribution in [3.8, 4) is 0 Å². The Morgan fingerprint density at radius 3 is 2.90 bits per heavy atom. The highest BCUT2D eigenvalue weighted by molar-refractivity contribution is 6.00. The van der Waals surface area contributed by atoms with Crippen LogP contribution in [0.25, 0.3) is 10.9 Å². The normalized spacial score (nSPS) is 22.0.